The van der Waals surface area contributed by atoms with E-state index < -0.39 is 0 Å². The number of nitrogens with zero attached hydrogens (tertiary/aromatic N) is 1. The summed E-state index contributed by atoms with van der Waals surface area (Å²) in [5.41, 5.74) is 3.33. The lowest BCUT2D eigenvalue weighted by molar-refractivity contribution is 0.381. The summed E-state index contributed by atoms with van der Waals surface area (Å²) in [6.45, 7) is 4.29. The molecule has 0 N–H and O–H groups in total. The van der Waals surface area contributed by atoms with Crippen LogP contribution in [0.3, 0.4) is 0 Å². The van der Waals surface area contributed by atoms with E-state index in [0.29, 0.717) is 0 Å². The average molecular weight is 229 g/mol. The summed E-state index contributed by atoms with van der Waals surface area (Å²) >= 11 is 0. The molecule has 2 nitrogen and oxygen atoms in total. The molecule has 2 rings (SSSR count). The highest BCUT2D eigenvalue weighted by Crippen LogP contribution is 2.20. The van der Waals surface area contributed by atoms with Gasteiger partial charge in [-0.15, -0.1) is 0 Å². The monoisotopic (exact) mass is 229 g/mol. The van der Waals surface area contributed by atoms with Gasteiger partial charge in [-0.25, -0.2) is 0 Å². The third-order valence-corrected chi connectivity index (χ3v) is 2.93. The molecule has 0 bridgehead atoms. The SMILES string of the molecule is CCCCCc1cc(-c2ccc(C)cc2)no1. The smallest absolute Gasteiger partial charge is 0.137 e. The van der Waals surface area contributed by atoms with E-state index >= 15 is 0 Å². The number of rotatable bonds is 5. The predicted molar refractivity (Wildman–Crippen MR) is 69.9 cm³/mol. The van der Waals surface area contributed by atoms with Gasteiger partial charge in [0.2, 0.25) is 0 Å². The Morgan fingerprint density at radius 2 is 1.88 bits per heavy atom. The molecule has 1 aromatic heterocycles. The molecule has 0 amide bonds. The number of aromatic nitrogens is 1. The lowest BCUT2D eigenvalue weighted by Crippen LogP contribution is -1.81. The number of unbranched alkanes of at least 4 members (excludes halogenated alkanes) is 2. The molecule has 0 unspecified atom stereocenters. The Hall–Kier alpha value is -1.57. The lowest BCUT2D eigenvalue weighted by atomic mass is 10.1. The summed E-state index contributed by atoms with van der Waals surface area (Å²) in [6, 6.07) is 10.4. The van der Waals surface area contributed by atoms with Gasteiger partial charge in [-0.2, -0.15) is 0 Å². The third kappa shape index (κ3) is 3.19. The lowest BCUT2D eigenvalue weighted by Gasteiger charge is -1.95. The van der Waals surface area contributed by atoms with Crippen LogP contribution in [0.4, 0.5) is 0 Å². The second kappa shape index (κ2) is 5.67. The van der Waals surface area contributed by atoms with E-state index in [4.69, 9.17) is 4.52 Å². The highest BCUT2D eigenvalue weighted by atomic mass is 16.5. The second-order valence-electron chi connectivity index (χ2n) is 4.50. The van der Waals surface area contributed by atoms with Crippen LogP contribution in [-0.4, -0.2) is 5.16 Å². The van der Waals surface area contributed by atoms with Gasteiger partial charge in [-0.05, 0) is 13.3 Å². The van der Waals surface area contributed by atoms with E-state index in [9.17, 15) is 0 Å². The van der Waals surface area contributed by atoms with Crippen molar-refractivity contribution in [3.63, 3.8) is 0 Å². The van der Waals surface area contributed by atoms with Crippen LogP contribution in [0.5, 0.6) is 0 Å². The minimum absolute atomic E-state index is 0.941. The standard InChI is InChI=1S/C15H19NO/c1-3-4-5-6-14-11-15(16-17-14)13-9-7-12(2)8-10-13/h7-11H,3-6H2,1-2H3. The molecule has 2 heteroatoms. The number of aryl methyl sites for hydroxylation is 2. The number of hydrogen-bond donors (Lipinski definition) is 0. The topological polar surface area (TPSA) is 26.0 Å². The zero-order valence-electron chi connectivity index (χ0n) is 10.6. The third-order valence-electron chi connectivity index (χ3n) is 2.93. The van der Waals surface area contributed by atoms with Gasteiger partial charge < -0.3 is 4.52 Å². The molecule has 90 valence electrons. The normalized spacial score (nSPS) is 10.7. The van der Waals surface area contributed by atoms with Gasteiger partial charge in [0.25, 0.3) is 0 Å². The maximum absolute atomic E-state index is 5.35. The summed E-state index contributed by atoms with van der Waals surface area (Å²) in [5.74, 6) is 0.994. The van der Waals surface area contributed by atoms with Crippen LogP contribution in [0.15, 0.2) is 34.9 Å². The van der Waals surface area contributed by atoms with Crippen molar-refractivity contribution >= 4 is 0 Å². The Balaban J connectivity index is 2.04. The first-order valence-electron chi connectivity index (χ1n) is 6.32. The summed E-state index contributed by atoms with van der Waals surface area (Å²) < 4.78 is 5.35. The minimum atomic E-state index is 0.941. The first-order valence-corrected chi connectivity index (χ1v) is 6.32. The van der Waals surface area contributed by atoms with Crippen molar-refractivity contribution in [2.75, 3.05) is 0 Å². The largest absolute Gasteiger partial charge is 0.361 e. The van der Waals surface area contributed by atoms with Gasteiger partial charge in [0, 0.05) is 18.1 Å². The molecule has 0 fully saturated rings. The van der Waals surface area contributed by atoms with E-state index in [1.807, 2.05) is 0 Å². The van der Waals surface area contributed by atoms with Crippen molar-refractivity contribution in [3.8, 4) is 11.3 Å². The Labute approximate surface area is 103 Å². The van der Waals surface area contributed by atoms with Crippen molar-refractivity contribution in [2.45, 2.75) is 39.5 Å². The Kier molecular flexibility index (Phi) is 3.97. The molecule has 1 heterocycles. The van der Waals surface area contributed by atoms with Crippen LogP contribution in [0.2, 0.25) is 0 Å². The van der Waals surface area contributed by atoms with E-state index in [0.717, 1.165) is 23.4 Å². The van der Waals surface area contributed by atoms with Crippen molar-refractivity contribution in [1.82, 2.24) is 5.16 Å². The highest BCUT2D eigenvalue weighted by Gasteiger charge is 2.05. The molecular formula is C15H19NO. The van der Waals surface area contributed by atoms with E-state index in [-0.39, 0.29) is 0 Å². The summed E-state index contributed by atoms with van der Waals surface area (Å²) in [4.78, 5) is 0. The molecule has 2 aromatic rings. The fourth-order valence-corrected chi connectivity index (χ4v) is 1.84. The zero-order valence-corrected chi connectivity index (χ0v) is 10.6. The summed E-state index contributed by atoms with van der Waals surface area (Å²) in [7, 11) is 0. The molecule has 0 radical (unpaired) electrons. The Bertz CT molecular complexity index is 456. The van der Waals surface area contributed by atoms with Gasteiger partial charge in [0.1, 0.15) is 11.5 Å². The van der Waals surface area contributed by atoms with Crippen LogP contribution >= 0.6 is 0 Å². The van der Waals surface area contributed by atoms with Gasteiger partial charge in [-0.1, -0.05) is 54.8 Å². The fourth-order valence-electron chi connectivity index (χ4n) is 1.84. The van der Waals surface area contributed by atoms with Crippen molar-refractivity contribution in [3.05, 3.63) is 41.7 Å². The Morgan fingerprint density at radius 1 is 1.12 bits per heavy atom. The summed E-state index contributed by atoms with van der Waals surface area (Å²) in [5, 5.41) is 4.12. The average Bonchev–Trinajstić information content (AvgIpc) is 2.79. The predicted octanol–water partition coefficient (Wildman–Crippen LogP) is 4.38. The summed E-state index contributed by atoms with van der Waals surface area (Å²) in [6.07, 6.45) is 4.66. The highest BCUT2D eigenvalue weighted by molar-refractivity contribution is 5.59. The first kappa shape index (κ1) is 11.9. The van der Waals surface area contributed by atoms with E-state index in [2.05, 4.69) is 49.3 Å². The van der Waals surface area contributed by atoms with Crippen molar-refractivity contribution in [2.24, 2.45) is 0 Å². The first-order chi connectivity index (χ1) is 8.29. The van der Waals surface area contributed by atoms with Crippen LogP contribution in [0, 0.1) is 6.92 Å². The van der Waals surface area contributed by atoms with Crippen molar-refractivity contribution in [1.29, 1.82) is 0 Å². The minimum Gasteiger partial charge on any atom is -0.361 e. The molecular weight excluding hydrogens is 210 g/mol. The second-order valence-corrected chi connectivity index (χ2v) is 4.50. The van der Waals surface area contributed by atoms with Gasteiger partial charge in [-0.3, -0.25) is 0 Å². The number of benzene rings is 1. The molecule has 0 saturated heterocycles. The van der Waals surface area contributed by atoms with Crippen LogP contribution in [0.25, 0.3) is 11.3 Å². The van der Waals surface area contributed by atoms with Gasteiger partial charge in [0.05, 0.1) is 0 Å². The zero-order chi connectivity index (χ0) is 12.1. The van der Waals surface area contributed by atoms with Crippen LogP contribution < -0.4 is 0 Å². The van der Waals surface area contributed by atoms with E-state index in [1.165, 1.54) is 24.8 Å². The molecule has 0 aliphatic rings. The van der Waals surface area contributed by atoms with Crippen molar-refractivity contribution < 1.29 is 4.52 Å². The Morgan fingerprint density at radius 3 is 2.59 bits per heavy atom. The number of hydrogen-bond acceptors (Lipinski definition) is 2. The van der Waals surface area contributed by atoms with Gasteiger partial charge >= 0.3 is 0 Å². The van der Waals surface area contributed by atoms with E-state index in [1.54, 1.807) is 0 Å². The molecule has 0 saturated carbocycles. The van der Waals surface area contributed by atoms with Gasteiger partial charge in [0.15, 0.2) is 0 Å². The maximum Gasteiger partial charge on any atom is 0.137 e. The van der Waals surface area contributed by atoms with Crippen LogP contribution in [0.1, 0.15) is 37.5 Å². The molecule has 0 aliphatic heterocycles. The quantitative estimate of drug-likeness (QED) is 0.711. The fraction of sp³-hybridized carbons (Fsp3) is 0.400. The maximum atomic E-state index is 5.35. The molecule has 17 heavy (non-hydrogen) atoms. The molecule has 0 aliphatic carbocycles. The molecule has 1 aromatic carbocycles. The molecule has 0 spiro atoms. The molecule has 0 atom stereocenters. The van der Waals surface area contributed by atoms with Crippen LogP contribution in [-0.2, 0) is 6.42 Å².